The van der Waals surface area contributed by atoms with Gasteiger partial charge in [0, 0.05) is 5.56 Å². The van der Waals surface area contributed by atoms with E-state index in [2.05, 4.69) is 20.2 Å². The topological polar surface area (TPSA) is 99.7 Å². The molecule has 0 bridgehead atoms. The average Bonchev–Trinajstić information content (AvgIpc) is 3.27. The number of rotatable bonds is 4. The fourth-order valence-electron chi connectivity index (χ4n) is 2.54. The van der Waals surface area contributed by atoms with Crippen molar-refractivity contribution in [3.63, 3.8) is 0 Å². The van der Waals surface area contributed by atoms with Crippen molar-refractivity contribution in [2.45, 2.75) is 0 Å². The van der Waals surface area contributed by atoms with Crippen LogP contribution in [0.2, 0.25) is 0 Å². The van der Waals surface area contributed by atoms with Gasteiger partial charge in [-0.15, -0.1) is 10.2 Å². The fourth-order valence-corrected chi connectivity index (χ4v) is 3.13. The predicted octanol–water partition coefficient (Wildman–Crippen LogP) is 5.51. The van der Waals surface area contributed by atoms with E-state index in [0.717, 1.165) is 11.3 Å². The van der Waals surface area contributed by atoms with E-state index in [4.69, 9.17) is 5.73 Å². The third-order valence-corrected chi connectivity index (χ3v) is 4.56. The minimum atomic E-state index is 0.149. The molecule has 0 aliphatic rings. The molecular weight excluding hydrogens is 346 g/mol. The maximum absolute atomic E-state index is 10.1. The van der Waals surface area contributed by atoms with Crippen LogP contribution in [0.4, 0.5) is 15.8 Å². The minimum absolute atomic E-state index is 0.149. The summed E-state index contributed by atoms with van der Waals surface area (Å²) in [6.45, 7) is 0. The molecular formula is C19H15N5OS. The van der Waals surface area contributed by atoms with E-state index in [1.54, 1.807) is 24.3 Å². The first-order chi connectivity index (χ1) is 12.7. The van der Waals surface area contributed by atoms with Crippen LogP contribution in [0.15, 0.2) is 77.0 Å². The van der Waals surface area contributed by atoms with Gasteiger partial charge in [-0.1, -0.05) is 53.8 Å². The maximum atomic E-state index is 10.1. The van der Waals surface area contributed by atoms with Crippen molar-refractivity contribution in [2.75, 3.05) is 5.73 Å². The summed E-state index contributed by atoms with van der Waals surface area (Å²) in [6.07, 6.45) is 0. The van der Waals surface area contributed by atoms with Crippen LogP contribution in [0.5, 0.6) is 5.75 Å². The zero-order chi connectivity index (χ0) is 17.9. The zero-order valence-electron chi connectivity index (χ0n) is 13.6. The van der Waals surface area contributed by atoms with Gasteiger partial charge in [-0.3, -0.25) is 0 Å². The van der Waals surface area contributed by atoms with Crippen molar-refractivity contribution in [1.29, 1.82) is 0 Å². The molecule has 0 aliphatic heterocycles. The van der Waals surface area contributed by atoms with Crippen molar-refractivity contribution in [3.05, 3.63) is 66.7 Å². The van der Waals surface area contributed by atoms with E-state index in [1.165, 1.54) is 11.3 Å². The highest BCUT2D eigenvalue weighted by atomic mass is 32.1. The second-order valence-electron chi connectivity index (χ2n) is 5.54. The highest BCUT2D eigenvalue weighted by Gasteiger charge is 2.15. The van der Waals surface area contributed by atoms with Crippen LogP contribution in [-0.4, -0.2) is 15.1 Å². The van der Waals surface area contributed by atoms with Gasteiger partial charge in [0.05, 0.1) is 16.3 Å². The Morgan fingerprint density at radius 2 is 1.69 bits per heavy atom. The van der Waals surface area contributed by atoms with Gasteiger partial charge in [0.2, 0.25) is 5.82 Å². The van der Waals surface area contributed by atoms with E-state index in [1.807, 2.05) is 42.5 Å². The second kappa shape index (κ2) is 6.81. The standard InChI is InChI=1S/C19H15N5OS/c20-15-10-11-16(26-15)23-24-19-17(12-6-2-1-3-7-12)21-18(22-19)13-8-4-5-9-14(13)25/h1-11,25H,20H2,(H,21,22). The summed E-state index contributed by atoms with van der Waals surface area (Å²) in [6, 6.07) is 20.4. The number of aromatic nitrogens is 2. The van der Waals surface area contributed by atoms with Crippen LogP contribution < -0.4 is 5.73 Å². The first kappa shape index (κ1) is 16.0. The smallest absolute Gasteiger partial charge is 0.200 e. The van der Waals surface area contributed by atoms with Crippen LogP contribution in [0.3, 0.4) is 0 Å². The average molecular weight is 361 g/mol. The number of para-hydroxylation sites is 1. The molecule has 7 heteroatoms. The van der Waals surface area contributed by atoms with Crippen molar-refractivity contribution >= 4 is 27.2 Å². The number of imidazole rings is 1. The Morgan fingerprint density at radius 1 is 0.923 bits per heavy atom. The molecule has 0 saturated heterocycles. The number of hydrogen-bond acceptors (Lipinski definition) is 6. The van der Waals surface area contributed by atoms with E-state index in [0.29, 0.717) is 27.2 Å². The van der Waals surface area contributed by atoms with Crippen molar-refractivity contribution in [2.24, 2.45) is 10.2 Å². The van der Waals surface area contributed by atoms with E-state index < -0.39 is 0 Å². The highest BCUT2D eigenvalue weighted by molar-refractivity contribution is 7.19. The first-order valence-electron chi connectivity index (χ1n) is 7.91. The van der Waals surface area contributed by atoms with E-state index in [-0.39, 0.29) is 5.75 Å². The molecule has 2 aromatic carbocycles. The summed E-state index contributed by atoms with van der Waals surface area (Å²) in [4.78, 5) is 7.79. The van der Waals surface area contributed by atoms with Gasteiger partial charge in [-0.25, -0.2) is 4.98 Å². The number of phenolic OH excluding ortho intramolecular Hbond substituents is 1. The monoisotopic (exact) mass is 361 g/mol. The summed E-state index contributed by atoms with van der Waals surface area (Å²) in [7, 11) is 0. The third kappa shape index (κ3) is 3.20. The summed E-state index contributed by atoms with van der Waals surface area (Å²) < 4.78 is 0. The number of azo groups is 1. The highest BCUT2D eigenvalue weighted by Crippen LogP contribution is 2.36. The van der Waals surface area contributed by atoms with Gasteiger partial charge in [0.15, 0.2) is 0 Å². The van der Waals surface area contributed by atoms with Gasteiger partial charge in [-0.05, 0) is 24.3 Å². The normalized spacial score (nSPS) is 11.2. The lowest BCUT2D eigenvalue weighted by atomic mass is 10.1. The maximum Gasteiger partial charge on any atom is 0.200 e. The van der Waals surface area contributed by atoms with Gasteiger partial charge in [0.25, 0.3) is 0 Å². The Balaban J connectivity index is 1.81. The Kier molecular flexibility index (Phi) is 4.20. The number of nitrogen functional groups attached to an aromatic ring is 1. The molecule has 0 unspecified atom stereocenters. The number of nitrogens with two attached hydrogens (primary N) is 1. The van der Waals surface area contributed by atoms with Crippen LogP contribution >= 0.6 is 11.3 Å². The molecule has 26 heavy (non-hydrogen) atoms. The van der Waals surface area contributed by atoms with Crippen LogP contribution in [0, 0.1) is 0 Å². The van der Waals surface area contributed by atoms with Crippen LogP contribution in [0.1, 0.15) is 0 Å². The predicted molar refractivity (Wildman–Crippen MR) is 104 cm³/mol. The zero-order valence-corrected chi connectivity index (χ0v) is 14.4. The lowest BCUT2D eigenvalue weighted by Gasteiger charge is -2.00. The SMILES string of the molecule is Nc1ccc(N=Nc2nc(-c3ccccc3O)[nH]c2-c2ccccc2)s1. The molecule has 4 aromatic rings. The number of nitrogens with zero attached hydrogens (tertiary/aromatic N) is 3. The molecule has 4 N–H and O–H groups in total. The number of thiophene rings is 1. The summed E-state index contributed by atoms with van der Waals surface area (Å²) in [5.74, 6) is 1.12. The summed E-state index contributed by atoms with van der Waals surface area (Å²) in [5.41, 5.74) is 8.00. The molecule has 0 spiro atoms. The Morgan fingerprint density at radius 3 is 2.42 bits per heavy atom. The second-order valence-corrected chi connectivity index (χ2v) is 6.64. The van der Waals surface area contributed by atoms with Gasteiger partial charge in [-0.2, -0.15) is 0 Å². The molecule has 0 saturated carbocycles. The Labute approximate surface area is 153 Å². The number of hydrogen-bond donors (Lipinski definition) is 3. The molecule has 0 fully saturated rings. The third-order valence-electron chi connectivity index (χ3n) is 3.76. The van der Waals surface area contributed by atoms with Crippen molar-refractivity contribution in [3.8, 4) is 28.4 Å². The molecule has 6 nitrogen and oxygen atoms in total. The lowest BCUT2D eigenvalue weighted by molar-refractivity contribution is 0.477. The van der Waals surface area contributed by atoms with Crippen molar-refractivity contribution < 1.29 is 5.11 Å². The fraction of sp³-hybridized carbons (Fsp3) is 0. The number of phenols is 1. The molecule has 0 atom stereocenters. The quantitative estimate of drug-likeness (QED) is 0.418. The molecule has 0 aliphatic carbocycles. The van der Waals surface area contributed by atoms with Crippen LogP contribution in [0.25, 0.3) is 22.6 Å². The molecule has 128 valence electrons. The van der Waals surface area contributed by atoms with E-state index in [9.17, 15) is 5.11 Å². The minimum Gasteiger partial charge on any atom is -0.507 e. The number of aromatic hydroxyl groups is 1. The lowest BCUT2D eigenvalue weighted by Crippen LogP contribution is -1.81. The number of nitrogens with one attached hydrogen (secondary N) is 1. The summed E-state index contributed by atoms with van der Waals surface area (Å²) >= 11 is 1.35. The Hall–Kier alpha value is -3.45. The van der Waals surface area contributed by atoms with Gasteiger partial charge >= 0.3 is 0 Å². The number of anilines is 1. The first-order valence-corrected chi connectivity index (χ1v) is 8.73. The molecule has 2 heterocycles. The molecule has 4 rings (SSSR count). The number of aromatic amines is 1. The molecule has 0 amide bonds. The van der Waals surface area contributed by atoms with Gasteiger partial charge < -0.3 is 15.8 Å². The number of H-pyrrole nitrogens is 1. The van der Waals surface area contributed by atoms with E-state index >= 15 is 0 Å². The Bertz CT molecular complexity index is 1070. The molecule has 0 radical (unpaired) electrons. The van der Waals surface area contributed by atoms with Gasteiger partial charge in [0.1, 0.15) is 16.6 Å². The summed E-state index contributed by atoms with van der Waals surface area (Å²) in [5, 5.41) is 20.0. The largest absolute Gasteiger partial charge is 0.507 e. The number of benzene rings is 2. The van der Waals surface area contributed by atoms with Crippen molar-refractivity contribution in [1.82, 2.24) is 9.97 Å². The van der Waals surface area contributed by atoms with Crippen LogP contribution in [-0.2, 0) is 0 Å². The molecule has 2 aromatic heterocycles.